The first-order valence-corrected chi connectivity index (χ1v) is 5.15. The van der Waals surface area contributed by atoms with Gasteiger partial charge in [0.15, 0.2) is 5.82 Å². The van der Waals surface area contributed by atoms with Gasteiger partial charge in [-0.15, -0.1) is 0 Å². The van der Waals surface area contributed by atoms with Crippen LogP contribution >= 0.6 is 0 Å². The first-order chi connectivity index (χ1) is 8.36. The van der Waals surface area contributed by atoms with Gasteiger partial charge in [-0.1, -0.05) is 5.16 Å². The van der Waals surface area contributed by atoms with Gasteiger partial charge in [-0.3, -0.25) is 14.8 Å². The third-order valence-corrected chi connectivity index (χ3v) is 2.17. The predicted octanol–water partition coefficient (Wildman–Crippen LogP) is 0.416. The fourth-order valence-corrected chi connectivity index (χ4v) is 1.25. The number of rotatable bonds is 4. The second kappa shape index (κ2) is 4.18. The van der Waals surface area contributed by atoms with Gasteiger partial charge in [0.1, 0.15) is 18.9 Å². The largest absolute Gasteiger partial charge is 0.337 e. The monoisotopic (exact) mass is 252 g/mol. The van der Waals surface area contributed by atoms with Crippen molar-refractivity contribution in [3.63, 3.8) is 0 Å². The Hall–Kier alpha value is -2.29. The van der Waals surface area contributed by atoms with Crippen molar-refractivity contribution >= 4 is 5.69 Å². The lowest BCUT2D eigenvalue weighted by Gasteiger charge is -2.11. The van der Waals surface area contributed by atoms with Gasteiger partial charge in [-0.2, -0.15) is 10.1 Å². The minimum atomic E-state index is -0.697. The summed E-state index contributed by atoms with van der Waals surface area (Å²) in [6.07, 6.45) is 2.45. The van der Waals surface area contributed by atoms with Gasteiger partial charge in [0, 0.05) is 0 Å². The highest BCUT2D eigenvalue weighted by Gasteiger charge is 2.21. The topological polar surface area (TPSA) is 126 Å². The van der Waals surface area contributed by atoms with Crippen LogP contribution < -0.4 is 5.73 Å². The predicted molar refractivity (Wildman–Crippen MR) is 59.5 cm³/mol. The van der Waals surface area contributed by atoms with E-state index in [0.29, 0.717) is 11.7 Å². The van der Waals surface area contributed by atoms with E-state index in [0.717, 1.165) is 6.20 Å². The van der Waals surface area contributed by atoms with Crippen molar-refractivity contribution < 1.29 is 9.45 Å². The number of nitrogens with two attached hydrogens (primary N) is 1. The number of nitro groups is 1. The zero-order valence-electron chi connectivity index (χ0n) is 9.90. The van der Waals surface area contributed by atoms with E-state index < -0.39 is 10.5 Å². The van der Waals surface area contributed by atoms with Crippen LogP contribution in [0.15, 0.2) is 16.9 Å². The van der Waals surface area contributed by atoms with Crippen LogP contribution in [0.2, 0.25) is 0 Å². The lowest BCUT2D eigenvalue weighted by Crippen LogP contribution is -2.30. The van der Waals surface area contributed by atoms with Gasteiger partial charge < -0.3 is 10.3 Å². The van der Waals surface area contributed by atoms with E-state index >= 15 is 0 Å². The summed E-state index contributed by atoms with van der Waals surface area (Å²) in [5, 5.41) is 18.0. The molecule has 0 saturated heterocycles. The Morgan fingerprint density at radius 1 is 1.61 bits per heavy atom. The highest BCUT2D eigenvalue weighted by Crippen LogP contribution is 2.14. The van der Waals surface area contributed by atoms with E-state index in [9.17, 15) is 10.1 Å². The Morgan fingerprint density at radius 3 is 2.83 bits per heavy atom. The Morgan fingerprint density at radius 2 is 2.33 bits per heavy atom. The minimum absolute atomic E-state index is 0.0890. The summed E-state index contributed by atoms with van der Waals surface area (Å²) in [6.45, 7) is 3.66. The molecule has 9 heteroatoms. The van der Waals surface area contributed by atoms with E-state index in [1.165, 1.54) is 10.9 Å². The molecule has 0 atom stereocenters. The molecular formula is C9H12N6O3. The zero-order valence-corrected chi connectivity index (χ0v) is 9.90. The molecule has 2 aromatic rings. The van der Waals surface area contributed by atoms with E-state index in [2.05, 4.69) is 15.2 Å². The Bertz CT molecular complexity index is 567. The second-order valence-electron chi connectivity index (χ2n) is 4.39. The van der Waals surface area contributed by atoms with Crippen molar-refractivity contribution in [3.05, 3.63) is 34.2 Å². The molecule has 96 valence electrons. The third-order valence-electron chi connectivity index (χ3n) is 2.17. The molecule has 0 aliphatic rings. The lowest BCUT2D eigenvalue weighted by atomic mass is 10.1. The molecule has 2 heterocycles. The normalized spacial score (nSPS) is 11.7. The Balaban J connectivity index is 2.14. The summed E-state index contributed by atoms with van der Waals surface area (Å²) in [5.41, 5.74) is 5.03. The molecule has 0 aliphatic carbocycles. The molecule has 0 saturated carbocycles. The van der Waals surface area contributed by atoms with Crippen LogP contribution in [0.3, 0.4) is 0 Å². The standard InChI is InChI=1S/C9H12N6O3/c1-9(2,10)8-12-7(18-13-8)5-14-4-6(3-11-14)15(16)17/h3-4H,5,10H2,1-2H3. The average molecular weight is 252 g/mol. The first kappa shape index (κ1) is 12.2. The molecule has 0 unspecified atom stereocenters. The molecular weight excluding hydrogens is 240 g/mol. The fraction of sp³-hybridized carbons (Fsp3) is 0.444. The van der Waals surface area contributed by atoms with Crippen molar-refractivity contribution in [3.8, 4) is 0 Å². The highest BCUT2D eigenvalue weighted by molar-refractivity contribution is 5.20. The van der Waals surface area contributed by atoms with Gasteiger partial charge in [0.2, 0.25) is 5.89 Å². The van der Waals surface area contributed by atoms with Crippen LogP contribution in [0.1, 0.15) is 25.6 Å². The molecule has 0 fully saturated rings. The van der Waals surface area contributed by atoms with E-state index in [-0.39, 0.29) is 12.2 Å². The summed E-state index contributed by atoms with van der Waals surface area (Å²) >= 11 is 0. The second-order valence-corrected chi connectivity index (χ2v) is 4.39. The van der Waals surface area contributed by atoms with Crippen LogP contribution in [0, 0.1) is 10.1 Å². The van der Waals surface area contributed by atoms with Crippen molar-refractivity contribution in [2.75, 3.05) is 0 Å². The molecule has 0 amide bonds. The number of hydrogen-bond acceptors (Lipinski definition) is 7. The van der Waals surface area contributed by atoms with Crippen molar-refractivity contribution in [2.45, 2.75) is 25.9 Å². The molecule has 0 aliphatic heterocycles. The number of nitrogens with zero attached hydrogens (tertiary/aromatic N) is 5. The summed E-state index contributed by atoms with van der Waals surface area (Å²) in [7, 11) is 0. The summed E-state index contributed by atoms with van der Waals surface area (Å²) < 4.78 is 6.34. The van der Waals surface area contributed by atoms with Crippen molar-refractivity contribution in [1.82, 2.24) is 19.9 Å². The van der Waals surface area contributed by atoms with Crippen molar-refractivity contribution in [2.24, 2.45) is 5.73 Å². The molecule has 2 aromatic heterocycles. The van der Waals surface area contributed by atoms with Crippen LogP contribution in [0.25, 0.3) is 0 Å². The Labute approximate surface area is 102 Å². The molecule has 0 radical (unpaired) electrons. The fourth-order valence-electron chi connectivity index (χ4n) is 1.25. The number of aromatic nitrogens is 4. The van der Waals surface area contributed by atoms with Crippen LogP contribution in [0.4, 0.5) is 5.69 Å². The molecule has 0 spiro atoms. The van der Waals surface area contributed by atoms with E-state index in [1.807, 2.05) is 0 Å². The van der Waals surface area contributed by atoms with Crippen LogP contribution in [-0.4, -0.2) is 24.8 Å². The average Bonchev–Trinajstić information content (AvgIpc) is 2.85. The molecule has 0 bridgehead atoms. The Kier molecular flexibility index (Phi) is 2.83. The minimum Gasteiger partial charge on any atom is -0.337 e. The maximum absolute atomic E-state index is 10.5. The highest BCUT2D eigenvalue weighted by atomic mass is 16.6. The summed E-state index contributed by atoms with van der Waals surface area (Å²) in [5.74, 6) is 0.667. The van der Waals surface area contributed by atoms with Gasteiger partial charge in [-0.25, -0.2) is 0 Å². The quantitative estimate of drug-likeness (QED) is 0.617. The van der Waals surface area contributed by atoms with Gasteiger partial charge in [0.05, 0.1) is 10.5 Å². The zero-order chi connectivity index (χ0) is 13.3. The van der Waals surface area contributed by atoms with Crippen molar-refractivity contribution in [1.29, 1.82) is 0 Å². The van der Waals surface area contributed by atoms with E-state index in [1.54, 1.807) is 13.8 Å². The maximum Gasteiger partial charge on any atom is 0.307 e. The van der Waals surface area contributed by atoms with Gasteiger partial charge >= 0.3 is 5.69 Å². The van der Waals surface area contributed by atoms with E-state index in [4.69, 9.17) is 10.3 Å². The SMILES string of the molecule is CC(C)(N)c1noc(Cn2cc([N+](=O)[O-])cn2)n1. The van der Waals surface area contributed by atoms with Crippen LogP contribution in [0.5, 0.6) is 0 Å². The lowest BCUT2D eigenvalue weighted by molar-refractivity contribution is -0.385. The molecule has 18 heavy (non-hydrogen) atoms. The number of hydrogen-bond donors (Lipinski definition) is 1. The third kappa shape index (κ3) is 2.51. The van der Waals surface area contributed by atoms with Gasteiger partial charge in [-0.05, 0) is 13.8 Å². The summed E-state index contributed by atoms with van der Waals surface area (Å²) in [4.78, 5) is 14.1. The smallest absolute Gasteiger partial charge is 0.307 e. The van der Waals surface area contributed by atoms with Gasteiger partial charge in [0.25, 0.3) is 0 Å². The summed E-state index contributed by atoms with van der Waals surface area (Å²) in [6, 6.07) is 0. The maximum atomic E-state index is 10.5. The van der Waals surface area contributed by atoms with Crippen LogP contribution in [-0.2, 0) is 12.1 Å². The molecule has 2 N–H and O–H groups in total. The molecule has 2 rings (SSSR count). The first-order valence-electron chi connectivity index (χ1n) is 5.15. The molecule has 0 aromatic carbocycles. The molecule has 9 nitrogen and oxygen atoms in total.